The van der Waals surface area contributed by atoms with E-state index in [0.717, 1.165) is 11.8 Å². The second kappa shape index (κ2) is 5.68. The van der Waals surface area contributed by atoms with E-state index in [1.165, 1.54) is 0 Å². The maximum Gasteiger partial charge on any atom is 0.364 e. The van der Waals surface area contributed by atoms with Crippen molar-refractivity contribution in [1.29, 1.82) is 0 Å². The van der Waals surface area contributed by atoms with Gasteiger partial charge in [0.1, 0.15) is 0 Å². The molecule has 0 rings (SSSR count). The van der Waals surface area contributed by atoms with Crippen LogP contribution in [-0.4, -0.2) is 23.9 Å². The fraction of sp³-hybridized carbons (Fsp3) is 0.833. The summed E-state index contributed by atoms with van der Waals surface area (Å²) in [5.41, 5.74) is 3.64. The lowest BCUT2D eigenvalue weighted by Crippen LogP contribution is -2.65. The minimum atomic E-state index is -0.223. The van der Waals surface area contributed by atoms with E-state index in [4.69, 9.17) is 4.74 Å². The standard InChI is InChI=1S/C6H12BrNO2/c1-2-10-6(9)5(8)3-4-7/h5H,2-4,8H2,1H3/p+1. The van der Waals surface area contributed by atoms with Crippen molar-refractivity contribution in [2.75, 3.05) is 11.9 Å². The summed E-state index contributed by atoms with van der Waals surface area (Å²) in [6.07, 6.45) is 0.735. The number of esters is 1. The predicted octanol–water partition coefficient (Wildman–Crippen LogP) is -0.0550. The highest BCUT2D eigenvalue weighted by Gasteiger charge is 2.16. The number of quaternary nitrogens is 1. The third-order valence-electron chi connectivity index (χ3n) is 1.08. The van der Waals surface area contributed by atoms with Crippen LogP contribution in [-0.2, 0) is 9.53 Å². The highest BCUT2D eigenvalue weighted by molar-refractivity contribution is 9.09. The summed E-state index contributed by atoms with van der Waals surface area (Å²) in [4.78, 5) is 10.8. The molecule has 3 nitrogen and oxygen atoms in total. The molecule has 0 saturated carbocycles. The van der Waals surface area contributed by atoms with Gasteiger partial charge in [-0.3, -0.25) is 0 Å². The lowest BCUT2D eigenvalue weighted by molar-refractivity contribution is -0.408. The molecule has 0 aromatic heterocycles. The van der Waals surface area contributed by atoms with Crippen LogP contribution in [0.2, 0.25) is 0 Å². The monoisotopic (exact) mass is 210 g/mol. The number of ether oxygens (including phenoxy) is 1. The average molecular weight is 211 g/mol. The first-order valence-corrected chi connectivity index (χ1v) is 4.40. The molecule has 0 saturated heterocycles. The third-order valence-corrected chi connectivity index (χ3v) is 1.54. The van der Waals surface area contributed by atoms with Crippen LogP contribution in [0.3, 0.4) is 0 Å². The number of carbonyl (C=O) groups is 1. The molecule has 0 aromatic rings. The highest BCUT2D eigenvalue weighted by Crippen LogP contribution is 1.93. The predicted molar refractivity (Wildman–Crippen MR) is 41.7 cm³/mol. The Morgan fingerprint density at radius 2 is 2.40 bits per heavy atom. The molecular formula is C6H13BrNO2+. The summed E-state index contributed by atoms with van der Waals surface area (Å²) in [6, 6.07) is -0.223. The van der Waals surface area contributed by atoms with Crippen LogP contribution in [0.5, 0.6) is 0 Å². The summed E-state index contributed by atoms with van der Waals surface area (Å²) in [5.74, 6) is -0.207. The van der Waals surface area contributed by atoms with Gasteiger partial charge in [-0.25, -0.2) is 4.79 Å². The minimum absolute atomic E-state index is 0.207. The Morgan fingerprint density at radius 3 is 2.80 bits per heavy atom. The molecule has 4 heteroatoms. The Morgan fingerprint density at radius 1 is 1.80 bits per heavy atom. The van der Waals surface area contributed by atoms with Gasteiger partial charge in [0.05, 0.1) is 6.61 Å². The molecule has 10 heavy (non-hydrogen) atoms. The zero-order chi connectivity index (χ0) is 7.98. The van der Waals surface area contributed by atoms with Gasteiger partial charge >= 0.3 is 5.97 Å². The Balaban J connectivity index is 3.49. The Hall–Kier alpha value is -0.0900. The van der Waals surface area contributed by atoms with E-state index in [-0.39, 0.29) is 12.0 Å². The second-order valence-corrected chi connectivity index (χ2v) is 2.72. The van der Waals surface area contributed by atoms with Gasteiger partial charge in [0.25, 0.3) is 0 Å². The fourth-order valence-electron chi connectivity index (χ4n) is 0.510. The fourth-order valence-corrected chi connectivity index (χ4v) is 1.06. The van der Waals surface area contributed by atoms with E-state index < -0.39 is 0 Å². The SMILES string of the molecule is CCOC(=O)C([NH3+])CCBr. The smallest absolute Gasteiger partial charge is 0.364 e. The Labute approximate surface area is 69.0 Å². The summed E-state index contributed by atoms with van der Waals surface area (Å²) >= 11 is 3.22. The Bertz CT molecular complexity index is 108. The van der Waals surface area contributed by atoms with E-state index in [1.54, 1.807) is 6.92 Å². The molecular weight excluding hydrogens is 198 g/mol. The number of hydrogen-bond acceptors (Lipinski definition) is 2. The van der Waals surface area contributed by atoms with Gasteiger partial charge < -0.3 is 10.5 Å². The van der Waals surface area contributed by atoms with Crippen molar-refractivity contribution < 1.29 is 15.3 Å². The van der Waals surface area contributed by atoms with E-state index >= 15 is 0 Å². The van der Waals surface area contributed by atoms with Crippen molar-refractivity contribution >= 4 is 21.9 Å². The van der Waals surface area contributed by atoms with Crippen molar-refractivity contribution in [2.24, 2.45) is 0 Å². The van der Waals surface area contributed by atoms with Gasteiger partial charge in [0.15, 0.2) is 6.04 Å². The second-order valence-electron chi connectivity index (χ2n) is 1.93. The van der Waals surface area contributed by atoms with E-state index in [2.05, 4.69) is 21.7 Å². The maximum absolute atomic E-state index is 10.8. The number of rotatable bonds is 4. The largest absolute Gasteiger partial charge is 0.462 e. The van der Waals surface area contributed by atoms with E-state index in [0.29, 0.717) is 6.61 Å². The van der Waals surface area contributed by atoms with E-state index in [9.17, 15) is 4.79 Å². The van der Waals surface area contributed by atoms with Gasteiger partial charge in [-0.15, -0.1) is 0 Å². The Kier molecular flexibility index (Phi) is 5.63. The van der Waals surface area contributed by atoms with Crippen LogP contribution in [0, 0.1) is 0 Å². The normalized spacial score (nSPS) is 12.7. The molecule has 0 aliphatic carbocycles. The van der Waals surface area contributed by atoms with Crippen LogP contribution in [0.25, 0.3) is 0 Å². The van der Waals surface area contributed by atoms with Crippen LogP contribution in [0.1, 0.15) is 13.3 Å². The van der Waals surface area contributed by atoms with Crippen LogP contribution >= 0.6 is 15.9 Å². The molecule has 0 aromatic carbocycles. The summed E-state index contributed by atoms with van der Waals surface area (Å²) < 4.78 is 4.73. The van der Waals surface area contributed by atoms with Gasteiger partial charge in [-0.1, -0.05) is 15.9 Å². The molecule has 0 amide bonds. The van der Waals surface area contributed by atoms with Crippen molar-refractivity contribution in [3.05, 3.63) is 0 Å². The van der Waals surface area contributed by atoms with Gasteiger partial charge in [-0.2, -0.15) is 0 Å². The van der Waals surface area contributed by atoms with Gasteiger partial charge in [0, 0.05) is 11.8 Å². The van der Waals surface area contributed by atoms with Crippen molar-refractivity contribution in [3.63, 3.8) is 0 Å². The summed E-state index contributed by atoms with van der Waals surface area (Å²) in [5, 5.41) is 0.792. The minimum Gasteiger partial charge on any atom is -0.462 e. The van der Waals surface area contributed by atoms with Crippen molar-refractivity contribution in [3.8, 4) is 0 Å². The van der Waals surface area contributed by atoms with E-state index in [1.807, 2.05) is 0 Å². The molecule has 3 N–H and O–H groups in total. The summed E-state index contributed by atoms with van der Waals surface area (Å²) in [6.45, 7) is 2.23. The number of halogens is 1. The first-order valence-electron chi connectivity index (χ1n) is 3.28. The van der Waals surface area contributed by atoms with Gasteiger partial charge in [-0.05, 0) is 6.92 Å². The summed E-state index contributed by atoms with van der Waals surface area (Å²) in [7, 11) is 0. The average Bonchev–Trinajstić information content (AvgIpc) is 1.89. The van der Waals surface area contributed by atoms with Crippen LogP contribution in [0.15, 0.2) is 0 Å². The molecule has 0 heterocycles. The first kappa shape index (κ1) is 9.91. The molecule has 0 radical (unpaired) electrons. The van der Waals surface area contributed by atoms with Crippen LogP contribution < -0.4 is 5.73 Å². The zero-order valence-electron chi connectivity index (χ0n) is 6.10. The molecule has 0 fully saturated rings. The molecule has 0 bridgehead atoms. The topological polar surface area (TPSA) is 53.9 Å². The lowest BCUT2D eigenvalue weighted by Gasteiger charge is -2.04. The zero-order valence-corrected chi connectivity index (χ0v) is 7.69. The number of carbonyl (C=O) groups excluding carboxylic acids is 1. The number of alkyl halides is 1. The molecule has 60 valence electrons. The van der Waals surface area contributed by atoms with Crippen molar-refractivity contribution in [1.82, 2.24) is 0 Å². The first-order chi connectivity index (χ1) is 4.72. The highest BCUT2D eigenvalue weighted by atomic mass is 79.9. The molecule has 1 unspecified atom stereocenters. The third kappa shape index (κ3) is 3.85. The van der Waals surface area contributed by atoms with Crippen molar-refractivity contribution in [2.45, 2.75) is 19.4 Å². The molecule has 0 aliphatic rings. The molecule has 1 atom stereocenters. The molecule has 0 aliphatic heterocycles. The molecule has 0 spiro atoms. The quantitative estimate of drug-likeness (QED) is 0.523. The maximum atomic E-state index is 10.8. The van der Waals surface area contributed by atoms with Gasteiger partial charge in [0.2, 0.25) is 0 Å². The van der Waals surface area contributed by atoms with Crippen LogP contribution in [0.4, 0.5) is 0 Å². The number of hydrogen-bond donors (Lipinski definition) is 1. The lowest BCUT2D eigenvalue weighted by atomic mass is 10.2.